The molecule has 0 radical (unpaired) electrons. The number of nitrogens with zero attached hydrogens (tertiary/aromatic N) is 1. The molecule has 2 nitrogen and oxygen atoms in total. The maximum atomic E-state index is 6.45. The summed E-state index contributed by atoms with van der Waals surface area (Å²) in [5, 5.41) is 10.7. The average Bonchev–Trinajstić information content (AvgIpc) is 3.45. The number of benzene rings is 5. The minimum atomic E-state index is -1.72. The Labute approximate surface area is 461 Å². The van der Waals surface area contributed by atoms with Crippen LogP contribution in [-0.2, 0) is 0 Å². The van der Waals surface area contributed by atoms with Crippen LogP contribution in [0.4, 0.5) is 5.69 Å². The first-order chi connectivity index (χ1) is 36.2. The summed E-state index contributed by atoms with van der Waals surface area (Å²) < 4.78 is 9.38. The molecule has 0 aliphatic rings. The first kappa shape index (κ1) is 62.1. The zero-order valence-corrected chi connectivity index (χ0v) is 53.8. The van der Waals surface area contributed by atoms with Gasteiger partial charge in [0.25, 0.3) is 0 Å². The van der Waals surface area contributed by atoms with Gasteiger partial charge in [-0.3, -0.25) is 0 Å². The van der Waals surface area contributed by atoms with E-state index in [1.807, 2.05) is 7.11 Å². The first-order valence-electron chi connectivity index (χ1n) is 30.6. The Morgan fingerprint density at radius 1 is 0.324 bits per heavy atom. The van der Waals surface area contributed by atoms with Crippen molar-refractivity contribution in [3.05, 3.63) is 127 Å². The van der Waals surface area contributed by atoms with E-state index >= 15 is 0 Å². The Morgan fingerprint density at radius 2 is 0.595 bits per heavy atom. The van der Waals surface area contributed by atoms with Crippen molar-refractivity contribution in [1.82, 2.24) is 0 Å². The highest BCUT2D eigenvalue weighted by Crippen LogP contribution is 2.58. The topological polar surface area (TPSA) is 12.5 Å². The average molecular weight is 1090 g/mol. The van der Waals surface area contributed by atoms with E-state index in [9.17, 15) is 0 Å². The van der Waals surface area contributed by atoms with Crippen molar-refractivity contribution < 1.29 is 4.74 Å². The molecule has 0 saturated heterocycles. The lowest BCUT2D eigenvalue weighted by Crippen LogP contribution is -2.48. The summed E-state index contributed by atoms with van der Waals surface area (Å²) in [7, 11) is -5.47. The lowest BCUT2D eigenvalue weighted by atomic mass is 10.3. The van der Waals surface area contributed by atoms with Gasteiger partial charge < -0.3 is 9.18 Å². The zero-order valence-electron chi connectivity index (χ0n) is 49.0. The Hall–Kier alpha value is -2.79. The molecule has 1 unspecified atom stereocenters. The highest BCUT2D eigenvalue weighted by Gasteiger charge is 2.39. The third kappa shape index (κ3) is 16.6. The molecule has 5 rings (SSSR count). The Morgan fingerprint density at radius 3 is 0.878 bits per heavy atom. The Balaban J connectivity index is 1.85. The van der Waals surface area contributed by atoms with Gasteiger partial charge in [-0.2, -0.15) is 0 Å². The van der Waals surface area contributed by atoms with Gasteiger partial charge in [-0.1, -0.05) is 351 Å². The molecule has 7 heteroatoms. The van der Waals surface area contributed by atoms with Crippen LogP contribution in [0.15, 0.2) is 127 Å². The van der Waals surface area contributed by atoms with E-state index in [1.54, 1.807) is 15.6 Å². The summed E-state index contributed by atoms with van der Waals surface area (Å²) in [5.41, 5.74) is 1.29. The summed E-state index contributed by atoms with van der Waals surface area (Å²) in [6.07, 6.45) is 23.7. The van der Waals surface area contributed by atoms with Crippen molar-refractivity contribution in [3.8, 4) is 5.75 Å². The molecular formula is C67H105NOP2Si3. The fraction of sp³-hybridized carbons (Fsp3) is 0.552. The predicted molar refractivity (Wildman–Crippen MR) is 347 cm³/mol. The van der Waals surface area contributed by atoms with E-state index in [-0.39, 0.29) is 0 Å². The molecule has 5 aromatic carbocycles. The minimum absolute atomic E-state index is 0.985. The molecule has 406 valence electrons. The third-order valence-corrected chi connectivity index (χ3v) is 38.9. The standard InChI is InChI=1S/C67H105NOP2Si3/c1-11-20-50-72(51-21-12-2,52-22-13-3)63-44-38-60(39-45-63)70(61-40-46-64(47-41-61)73(53-23-14-4,54-24-15-5)55-25-16-6)68(59-34-30-29-31-35-59)71(67-37-33-32-36-66(67)69-10)62-42-48-65(49-43-62)74(56-26-17-7,57-27-18-8)58-28-19-9/h29-49H,11-28,50-58H2,1-10H3. The van der Waals surface area contributed by atoms with Crippen molar-refractivity contribution in [2.24, 2.45) is 0 Å². The number of hydrogen-bond acceptors (Lipinski definition) is 2. The van der Waals surface area contributed by atoms with Crippen LogP contribution in [0.25, 0.3) is 0 Å². The smallest absolute Gasteiger partial charge is 0.128 e. The normalized spacial score (nSPS) is 12.6. The number of hydrogen-bond donors (Lipinski definition) is 0. The summed E-state index contributed by atoms with van der Waals surface area (Å²) >= 11 is 0. The van der Waals surface area contributed by atoms with Crippen molar-refractivity contribution >= 4 is 82.8 Å². The van der Waals surface area contributed by atoms with Crippen LogP contribution >= 0.6 is 16.1 Å². The fourth-order valence-electron chi connectivity index (χ4n) is 12.3. The third-order valence-electron chi connectivity index (χ3n) is 16.9. The van der Waals surface area contributed by atoms with Crippen LogP contribution in [0.5, 0.6) is 5.75 Å². The highest BCUT2D eigenvalue weighted by molar-refractivity contribution is 7.91. The maximum Gasteiger partial charge on any atom is 0.128 e. The molecule has 0 aliphatic heterocycles. The highest BCUT2D eigenvalue weighted by atomic mass is 31.2. The molecule has 0 aromatic heterocycles. The quantitative estimate of drug-likeness (QED) is 0.0289. The summed E-state index contributed by atoms with van der Waals surface area (Å²) in [6, 6.07) is 65.0. The summed E-state index contributed by atoms with van der Waals surface area (Å²) in [5.74, 6) is 0.985. The fourth-order valence-corrected chi connectivity index (χ4v) is 35.1. The van der Waals surface area contributed by atoms with Crippen LogP contribution in [-0.4, -0.2) is 31.3 Å². The van der Waals surface area contributed by atoms with Crippen molar-refractivity contribution in [2.75, 3.05) is 11.6 Å². The van der Waals surface area contributed by atoms with Crippen LogP contribution in [0.2, 0.25) is 54.4 Å². The van der Waals surface area contributed by atoms with Crippen molar-refractivity contribution in [2.45, 2.75) is 232 Å². The summed E-state index contributed by atoms with van der Waals surface area (Å²) in [6.45, 7) is 21.6. The van der Waals surface area contributed by atoms with E-state index in [2.05, 4.69) is 194 Å². The zero-order chi connectivity index (χ0) is 53.1. The summed E-state index contributed by atoms with van der Waals surface area (Å²) in [4.78, 5) is 0. The van der Waals surface area contributed by atoms with E-state index in [1.165, 1.54) is 197 Å². The number of para-hydroxylation sites is 2. The molecule has 0 saturated carbocycles. The van der Waals surface area contributed by atoms with Gasteiger partial charge >= 0.3 is 0 Å². The Kier molecular flexibility index (Phi) is 28.1. The van der Waals surface area contributed by atoms with Gasteiger partial charge in [0.05, 0.1) is 47.5 Å². The second-order valence-corrected chi connectivity index (χ2v) is 40.6. The molecular weight excluding hydrogens is 981 g/mol. The van der Waals surface area contributed by atoms with E-state index < -0.39 is 40.4 Å². The second-order valence-electron chi connectivity index (χ2n) is 22.3. The minimum Gasteiger partial charge on any atom is -0.496 e. The van der Waals surface area contributed by atoms with Gasteiger partial charge in [0.2, 0.25) is 0 Å². The molecule has 0 N–H and O–H groups in total. The maximum absolute atomic E-state index is 6.45. The Bertz CT molecular complexity index is 2110. The molecule has 0 bridgehead atoms. The molecule has 0 spiro atoms. The van der Waals surface area contributed by atoms with Gasteiger partial charge in [-0.25, -0.2) is 0 Å². The number of anilines is 1. The van der Waals surface area contributed by atoms with Crippen molar-refractivity contribution in [1.29, 1.82) is 0 Å². The lowest BCUT2D eigenvalue weighted by Gasteiger charge is -2.42. The molecule has 74 heavy (non-hydrogen) atoms. The van der Waals surface area contributed by atoms with Gasteiger partial charge in [0.1, 0.15) is 5.75 Å². The van der Waals surface area contributed by atoms with Crippen molar-refractivity contribution in [3.63, 3.8) is 0 Å². The monoisotopic (exact) mass is 1090 g/mol. The molecule has 5 aromatic rings. The lowest BCUT2D eigenvalue weighted by molar-refractivity contribution is 0.418. The number of methoxy groups -OCH3 is 1. The molecule has 0 aliphatic carbocycles. The SMILES string of the molecule is CCCC[Si](CCCC)(CCCC)c1ccc(P(c2ccc([Si](CCCC)(CCCC)CCCC)cc2)N(c2ccccc2)P(c2ccc([Si](CCCC)(CCCC)CCCC)cc2)c2ccccc2OC)cc1. The van der Waals surface area contributed by atoms with Crippen LogP contribution in [0.1, 0.15) is 178 Å². The van der Waals surface area contributed by atoms with E-state index in [0.717, 1.165) is 5.75 Å². The van der Waals surface area contributed by atoms with Gasteiger partial charge in [0, 0.05) is 26.9 Å². The second kappa shape index (κ2) is 33.5. The molecule has 1 atom stereocenters. The van der Waals surface area contributed by atoms with Crippen LogP contribution < -0.4 is 46.0 Å². The predicted octanol–water partition coefficient (Wildman–Crippen LogP) is 18.8. The van der Waals surface area contributed by atoms with E-state index in [0.29, 0.717) is 0 Å². The van der Waals surface area contributed by atoms with Gasteiger partial charge in [-0.05, 0) is 24.3 Å². The van der Waals surface area contributed by atoms with E-state index in [4.69, 9.17) is 4.74 Å². The first-order valence-corrected chi connectivity index (χ1v) is 41.1. The van der Waals surface area contributed by atoms with Gasteiger partial charge in [-0.15, -0.1) is 0 Å². The molecule has 0 amide bonds. The number of ether oxygens (including phenoxy) is 1. The van der Waals surface area contributed by atoms with Gasteiger partial charge in [0.15, 0.2) is 0 Å². The number of rotatable bonds is 38. The van der Waals surface area contributed by atoms with Crippen LogP contribution in [0.3, 0.4) is 0 Å². The largest absolute Gasteiger partial charge is 0.496 e. The molecule has 0 heterocycles. The number of unbranched alkanes of at least 4 members (excludes halogenated alkanes) is 9. The van der Waals surface area contributed by atoms with Crippen LogP contribution in [0, 0.1) is 0 Å². The molecule has 0 fully saturated rings.